The van der Waals surface area contributed by atoms with Gasteiger partial charge < -0.3 is 10.4 Å². The highest BCUT2D eigenvalue weighted by Gasteiger charge is 2.39. The van der Waals surface area contributed by atoms with Crippen LogP contribution in [-0.2, 0) is 4.79 Å². The van der Waals surface area contributed by atoms with Gasteiger partial charge in [-0.3, -0.25) is 4.79 Å². The van der Waals surface area contributed by atoms with Gasteiger partial charge in [-0.1, -0.05) is 33.6 Å². The molecule has 1 aliphatic rings. The van der Waals surface area contributed by atoms with Crippen molar-refractivity contribution in [3.05, 3.63) is 0 Å². The largest absolute Gasteiger partial charge is 0.388 e. The summed E-state index contributed by atoms with van der Waals surface area (Å²) in [5, 5.41) is 13.2. The van der Waals surface area contributed by atoms with E-state index in [-0.39, 0.29) is 11.3 Å². The van der Waals surface area contributed by atoms with Crippen molar-refractivity contribution in [1.29, 1.82) is 0 Å². The minimum atomic E-state index is -0.794. The first kappa shape index (κ1) is 15.5. The second-order valence-electron chi connectivity index (χ2n) is 6.62. The molecule has 1 atom stereocenters. The van der Waals surface area contributed by atoms with Gasteiger partial charge in [0.2, 0.25) is 5.91 Å². The molecule has 1 aliphatic carbocycles. The maximum absolute atomic E-state index is 12.3. The Hall–Kier alpha value is -0.570. The smallest absolute Gasteiger partial charge is 0.226 e. The molecule has 0 aromatic rings. The third-order valence-corrected chi connectivity index (χ3v) is 4.20. The van der Waals surface area contributed by atoms with Gasteiger partial charge >= 0.3 is 0 Å². The third-order valence-electron chi connectivity index (χ3n) is 4.20. The van der Waals surface area contributed by atoms with Crippen molar-refractivity contribution in [2.45, 2.75) is 71.8 Å². The predicted octanol–water partition coefficient (Wildman–Crippen LogP) is 2.87. The first-order chi connectivity index (χ1) is 8.31. The van der Waals surface area contributed by atoms with Gasteiger partial charge in [-0.25, -0.2) is 0 Å². The molecular weight excluding hydrogens is 226 g/mol. The maximum atomic E-state index is 12.3. The Labute approximate surface area is 111 Å². The summed E-state index contributed by atoms with van der Waals surface area (Å²) in [7, 11) is 0. The molecular formula is C15H29NO2. The van der Waals surface area contributed by atoms with Crippen LogP contribution in [0.4, 0.5) is 0 Å². The van der Waals surface area contributed by atoms with Crippen molar-refractivity contribution in [1.82, 2.24) is 5.32 Å². The topological polar surface area (TPSA) is 49.3 Å². The van der Waals surface area contributed by atoms with Crippen LogP contribution in [0.25, 0.3) is 0 Å². The van der Waals surface area contributed by atoms with E-state index in [0.717, 1.165) is 32.1 Å². The fourth-order valence-corrected chi connectivity index (χ4v) is 3.20. The van der Waals surface area contributed by atoms with E-state index in [1.807, 2.05) is 0 Å². The van der Waals surface area contributed by atoms with Crippen molar-refractivity contribution in [3.8, 4) is 0 Å². The highest BCUT2D eigenvalue weighted by atomic mass is 16.3. The summed E-state index contributed by atoms with van der Waals surface area (Å²) in [6.45, 7) is 8.44. The molecule has 1 rings (SSSR count). The van der Waals surface area contributed by atoms with E-state index in [1.165, 1.54) is 0 Å². The molecule has 1 amide bonds. The summed E-state index contributed by atoms with van der Waals surface area (Å²) in [6.07, 6.45) is 5.94. The lowest BCUT2D eigenvalue weighted by Crippen LogP contribution is -2.46. The zero-order valence-corrected chi connectivity index (χ0v) is 12.4. The molecule has 106 valence electrons. The van der Waals surface area contributed by atoms with Gasteiger partial charge in [0, 0.05) is 12.0 Å². The van der Waals surface area contributed by atoms with Gasteiger partial charge in [-0.05, 0) is 38.5 Å². The molecule has 3 nitrogen and oxygen atoms in total. The predicted molar refractivity (Wildman–Crippen MR) is 74.3 cm³/mol. The van der Waals surface area contributed by atoms with Crippen LogP contribution in [-0.4, -0.2) is 23.2 Å². The minimum Gasteiger partial charge on any atom is -0.388 e. The summed E-state index contributed by atoms with van der Waals surface area (Å²) < 4.78 is 0. The van der Waals surface area contributed by atoms with Crippen molar-refractivity contribution in [2.24, 2.45) is 11.3 Å². The normalized spacial score (nSPS) is 21.9. The number of hydrogen-bond acceptors (Lipinski definition) is 2. The van der Waals surface area contributed by atoms with Crippen LogP contribution >= 0.6 is 0 Å². The highest BCUT2D eigenvalue weighted by molar-refractivity contribution is 5.82. The Bertz CT molecular complexity index is 278. The Kier molecular flexibility index (Phi) is 5.20. The molecule has 0 spiro atoms. The fraction of sp³-hybridized carbons (Fsp3) is 0.933. The first-order valence-electron chi connectivity index (χ1n) is 7.32. The summed E-state index contributed by atoms with van der Waals surface area (Å²) in [5.41, 5.74) is -0.953. The molecule has 18 heavy (non-hydrogen) atoms. The van der Waals surface area contributed by atoms with E-state index in [9.17, 15) is 9.90 Å². The van der Waals surface area contributed by atoms with Crippen LogP contribution in [0.1, 0.15) is 66.2 Å². The fourth-order valence-electron chi connectivity index (χ4n) is 3.20. The molecule has 0 bridgehead atoms. The molecule has 1 unspecified atom stereocenters. The van der Waals surface area contributed by atoms with Crippen LogP contribution < -0.4 is 5.32 Å². The lowest BCUT2D eigenvalue weighted by molar-refractivity contribution is -0.132. The number of nitrogens with one attached hydrogen (secondary N) is 1. The van der Waals surface area contributed by atoms with Crippen LogP contribution in [0.5, 0.6) is 0 Å². The minimum absolute atomic E-state index is 0.145. The monoisotopic (exact) mass is 255 g/mol. The van der Waals surface area contributed by atoms with Gasteiger partial charge in [-0.15, -0.1) is 0 Å². The standard InChI is InChI=1S/C15H29NO2/c1-5-15(8-6-7-9-15)13(17)16-11-14(4,18)10-12(2)3/h12,18H,5-11H2,1-4H3,(H,16,17). The molecule has 0 aromatic heterocycles. The zero-order valence-electron chi connectivity index (χ0n) is 12.4. The summed E-state index contributed by atoms with van der Waals surface area (Å²) in [5.74, 6) is 0.579. The Morgan fingerprint density at radius 3 is 2.39 bits per heavy atom. The highest BCUT2D eigenvalue weighted by Crippen LogP contribution is 2.41. The maximum Gasteiger partial charge on any atom is 0.226 e. The van der Waals surface area contributed by atoms with Gasteiger partial charge in [0.25, 0.3) is 0 Å². The van der Waals surface area contributed by atoms with E-state index < -0.39 is 5.60 Å². The third kappa shape index (κ3) is 3.98. The average molecular weight is 255 g/mol. The zero-order chi connectivity index (χ0) is 13.8. The second kappa shape index (κ2) is 6.05. The first-order valence-corrected chi connectivity index (χ1v) is 7.32. The lowest BCUT2D eigenvalue weighted by atomic mass is 9.82. The Morgan fingerprint density at radius 1 is 1.39 bits per heavy atom. The quantitative estimate of drug-likeness (QED) is 0.766. The van der Waals surface area contributed by atoms with E-state index in [0.29, 0.717) is 18.9 Å². The molecule has 3 heteroatoms. The Morgan fingerprint density at radius 2 is 1.94 bits per heavy atom. The van der Waals surface area contributed by atoms with Crippen LogP contribution in [0, 0.1) is 11.3 Å². The van der Waals surface area contributed by atoms with Crippen LogP contribution in [0.2, 0.25) is 0 Å². The number of amides is 1. The van der Waals surface area contributed by atoms with Crippen molar-refractivity contribution in [3.63, 3.8) is 0 Å². The van der Waals surface area contributed by atoms with Gasteiger partial charge in [0.15, 0.2) is 0 Å². The van der Waals surface area contributed by atoms with Crippen LogP contribution in [0.15, 0.2) is 0 Å². The second-order valence-corrected chi connectivity index (χ2v) is 6.62. The van der Waals surface area contributed by atoms with E-state index in [1.54, 1.807) is 6.92 Å². The van der Waals surface area contributed by atoms with Gasteiger partial charge in [-0.2, -0.15) is 0 Å². The molecule has 0 radical (unpaired) electrons. The summed E-state index contributed by atoms with van der Waals surface area (Å²) in [4.78, 5) is 12.3. The average Bonchev–Trinajstić information content (AvgIpc) is 2.74. The molecule has 0 aliphatic heterocycles. The van der Waals surface area contributed by atoms with Crippen molar-refractivity contribution < 1.29 is 9.90 Å². The number of carbonyl (C=O) groups is 1. The summed E-state index contributed by atoms with van der Waals surface area (Å²) >= 11 is 0. The van der Waals surface area contributed by atoms with E-state index >= 15 is 0 Å². The number of aliphatic hydroxyl groups is 1. The van der Waals surface area contributed by atoms with E-state index in [2.05, 4.69) is 26.1 Å². The number of rotatable bonds is 6. The number of hydrogen-bond donors (Lipinski definition) is 2. The molecule has 1 fully saturated rings. The van der Waals surface area contributed by atoms with Gasteiger partial charge in [0.05, 0.1) is 5.60 Å². The SMILES string of the molecule is CCC1(C(=O)NCC(C)(O)CC(C)C)CCCC1. The van der Waals surface area contributed by atoms with Crippen LogP contribution in [0.3, 0.4) is 0 Å². The summed E-state index contributed by atoms with van der Waals surface area (Å²) in [6, 6.07) is 0. The molecule has 1 saturated carbocycles. The van der Waals surface area contributed by atoms with Crippen molar-refractivity contribution >= 4 is 5.91 Å². The van der Waals surface area contributed by atoms with Crippen molar-refractivity contribution in [2.75, 3.05) is 6.54 Å². The Balaban J connectivity index is 2.50. The molecule has 2 N–H and O–H groups in total. The molecule has 0 heterocycles. The number of carbonyl (C=O) groups excluding carboxylic acids is 1. The van der Waals surface area contributed by atoms with E-state index in [4.69, 9.17) is 0 Å². The van der Waals surface area contributed by atoms with Gasteiger partial charge in [0.1, 0.15) is 0 Å². The molecule has 0 saturated heterocycles. The molecule has 0 aromatic carbocycles. The lowest BCUT2D eigenvalue weighted by Gasteiger charge is -2.30.